The number of anilines is 1. The highest BCUT2D eigenvalue weighted by molar-refractivity contribution is 5.94. The average Bonchev–Trinajstić information content (AvgIpc) is 3.16. The van der Waals surface area contributed by atoms with Crippen molar-refractivity contribution >= 4 is 11.6 Å². The van der Waals surface area contributed by atoms with Crippen LogP contribution in [0.5, 0.6) is 17.2 Å². The van der Waals surface area contributed by atoms with E-state index in [0.717, 1.165) is 12.8 Å². The van der Waals surface area contributed by atoms with Gasteiger partial charge in [0.25, 0.3) is 0 Å². The smallest absolute Gasteiger partial charge is 0.228 e. The monoisotopic (exact) mass is 303 g/mol. The zero-order valence-electron chi connectivity index (χ0n) is 13.1. The predicted molar refractivity (Wildman–Crippen MR) is 83.6 cm³/mol. The van der Waals surface area contributed by atoms with Gasteiger partial charge in [-0.1, -0.05) is 12.2 Å². The summed E-state index contributed by atoms with van der Waals surface area (Å²) < 4.78 is 15.9. The number of methoxy groups -OCH3 is 3. The highest BCUT2D eigenvalue weighted by atomic mass is 16.5. The molecule has 1 amide bonds. The summed E-state index contributed by atoms with van der Waals surface area (Å²) in [6, 6.07) is 3.50. The molecule has 0 radical (unpaired) electrons. The van der Waals surface area contributed by atoms with Crippen LogP contribution in [-0.4, -0.2) is 27.2 Å². The number of amides is 1. The van der Waals surface area contributed by atoms with E-state index in [2.05, 4.69) is 17.5 Å². The van der Waals surface area contributed by atoms with Crippen molar-refractivity contribution in [3.63, 3.8) is 0 Å². The number of carbonyl (C=O) groups excluding carboxylic acids is 1. The Bertz CT molecular complexity index is 586. The third-order valence-electron chi connectivity index (χ3n) is 4.55. The summed E-state index contributed by atoms with van der Waals surface area (Å²) in [7, 11) is 4.67. The number of fused-ring (bicyclic) bond motifs is 2. The fourth-order valence-electron chi connectivity index (χ4n) is 3.47. The molecular formula is C17H21NO4. The fourth-order valence-corrected chi connectivity index (χ4v) is 3.47. The minimum Gasteiger partial charge on any atom is -0.493 e. The molecule has 0 saturated heterocycles. The van der Waals surface area contributed by atoms with E-state index in [4.69, 9.17) is 14.2 Å². The van der Waals surface area contributed by atoms with Crippen molar-refractivity contribution in [2.45, 2.75) is 12.8 Å². The maximum absolute atomic E-state index is 12.5. The first-order valence-corrected chi connectivity index (χ1v) is 7.45. The summed E-state index contributed by atoms with van der Waals surface area (Å²) in [4.78, 5) is 12.5. The van der Waals surface area contributed by atoms with Gasteiger partial charge in [-0.15, -0.1) is 0 Å². The molecule has 2 bridgehead atoms. The lowest BCUT2D eigenvalue weighted by molar-refractivity contribution is -0.120. The van der Waals surface area contributed by atoms with Gasteiger partial charge in [0.1, 0.15) is 0 Å². The first kappa shape index (κ1) is 14.8. The molecule has 2 aliphatic rings. The van der Waals surface area contributed by atoms with Crippen LogP contribution in [0.15, 0.2) is 24.3 Å². The lowest BCUT2D eigenvalue weighted by Gasteiger charge is -2.19. The molecule has 5 nitrogen and oxygen atoms in total. The second kappa shape index (κ2) is 5.91. The van der Waals surface area contributed by atoms with E-state index in [9.17, 15) is 4.79 Å². The van der Waals surface area contributed by atoms with Gasteiger partial charge in [0, 0.05) is 23.7 Å². The largest absolute Gasteiger partial charge is 0.493 e. The highest BCUT2D eigenvalue weighted by Gasteiger charge is 2.39. The summed E-state index contributed by atoms with van der Waals surface area (Å²) in [5, 5.41) is 2.98. The van der Waals surface area contributed by atoms with Crippen LogP contribution >= 0.6 is 0 Å². The van der Waals surface area contributed by atoms with Gasteiger partial charge in [-0.2, -0.15) is 0 Å². The topological polar surface area (TPSA) is 56.8 Å². The Balaban J connectivity index is 1.80. The summed E-state index contributed by atoms with van der Waals surface area (Å²) in [6.07, 6.45) is 6.45. The van der Waals surface area contributed by atoms with Gasteiger partial charge in [-0.3, -0.25) is 4.79 Å². The lowest BCUT2D eigenvalue weighted by Crippen LogP contribution is -2.25. The number of benzene rings is 1. The SMILES string of the molecule is COc1cc(NC(=O)[C@H]2C[C@H]3C=C[C@@H]2C3)cc(OC)c1OC. The Labute approximate surface area is 130 Å². The van der Waals surface area contributed by atoms with Gasteiger partial charge < -0.3 is 19.5 Å². The number of rotatable bonds is 5. The molecule has 1 aromatic rings. The van der Waals surface area contributed by atoms with E-state index in [1.54, 1.807) is 33.5 Å². The third kappa shape index (κ3) is 2.51. The molecular weight excluding hydrogens is 282 g/mol. The van der Waals surface area contributed by atoms with Crippen molar-refractivity contribution in [2.75, 3.05) is 26.6 Å². The van der Waals surface area contributed by atoms with Crippen molar-refractivity contribution in [2.24, 2.45) is 17.8 Å². The van der Waals surface area contributed by atoms with Crippen LogP contribution in [0.25, 0.3) is 0 Å². The normalized spacial score (nSPS) is 25.1. The summed E-state index contributed by atoms with van der Waals surface area (Å²) in [5.41, 5.74) is 0.659. The molecule has 3 atom stereocenters. The van der Waals surface area contributed by atoms with Crippen LogP contribution in [0.2, 0.25) is 0 Å². The van der Waals surface area contributed by atoms with Crippen molar-refractivity contribution < 1.29 is 19.0 Å². The van der Waals surface area contributed by atoms with Crippen LogP contribution in [0.1, 0.15) is 12.8 Å². The number of ether oxygens (including phenoxy) is 3. The van der Waals surface area contributed by atoms with Gasteiger partial charge in [0.05, 0.1) is 21.3 Å². The molecule has 0 aliphatic heterocycles. The van der Waals surface area contributed by atoms with Crippen LogP contribution in [0.3, 0.4) is 0 Å². The maximum Gasteiger partial charge on any atom is 0.228 e. The molecule has 0 heterocycles. The Morgan fingerprint density at radius 3 is 2.18 bits per heavy atom. The molecule has 0 unspecified atom stereocenters. The fraction of sp³-hybridized carbons (Fsp3) is 0.471. The molecule has 1 N–H and O–H groups in total. The Morgan fingerprint density at radius 2 is 1.73 bits per heavy atom. The number of hydrogen-bond donors (Lipinski definition) is 1. The van der Waals surface area contributed by atoms with E-state index >= 15 is 0 Å². The first-order chi connectivity index (χ1) is 10.7. The second-order valence-corrected chi connectivity index (χ2v) is 5.79. The van der Waals surface area contributed by atoms with Gasteiger partial charge in [0.2, 0.25) is 11.7 Å². The molecule has 2 aliphatic carbocycles. The molecule has 22 heavy (non-hydrogen) atoms. The number of allylic oxidation sites excluding steroid dienone is 2. The Morgan fingerprint density at radius 1 is 1.05 bits per heavy atom. The van der Waals surface area contributed by atoms with Crippen molar-refractivity contribution in [1.82, 2.24) is 0 Å². The predicted octanol–water partition coefficient (Wildman–Crippen LogP) is 2.86. The summed E-state index contributed by atoms with van der Waals surface area (Å²) >= 11 is 0. The molecule has 1 fully saturated rings. The van der Waals surface area contributed by atoms with Crippen molar-refractivity contribution in [3.05, 3.63) is 24.3 Å². The van der Waals surface area contributed by atoms with Crippen LogP contribution < -0.4 is 19.5 Å². The number of carbonyl (C=O) groups is 1. The van der Waals surface area contributed by atoms with E-state index in [0.29, 0.717) is 34.8 Å². The molecule has 118 valence electrons. The Kier molecular flexibility index (Phi) is 3.96. The first-order valence-electron chi connectivity index (χ1n) is 7.45. The lowest BCUT2D eigenvalue weighted by atomic mass is 9.93. The van der Waals surface area contributed by atoms with Gasteiger partial charge in [-0.05, 0) is 24.7 Å². The minimum atomic E-state index is 0.0612. The molecule has 1 aromatic carbocycles. The van der Waals surface area contributed by atoms with Crippen LogP contribution in [0.4, 0.5) is 5.69 Å². The quantitative estimate of drug-likeness (QED) is 0.850. The number of hydrogen-bond acceptors (Lipinski definition) is 4. The van der Waals surface area contributed by atoms with Gasteiger partial charge in [-0.25, -0.2) is 0 Å². The Hall–Kier alpha value is -2.17. The third-order valence-corrected chi connectivity index (χ3v) is 4.55. The van der Waals surface area contributed by atoms with E-state index in [1.165, 1.54) is 0 Å². The maximum atomic E-state index is 12.5. The van der Waals surface area contributed by atoms with Crippen molar-refractivity contribution in [1.29, 1.82) is 0 Å². The van der Waals surface area contributed by atoms with Crippen LogP contribution in [0, 0.1) is 17.8 Å². The van der Waals surface area contributed by atoms with Crippen molar-refractivity contribution in [3.8, 4) is 17.2 Å². The highest BCUT2D eigenvalue weighted by Crippen LogP contribution is 2.44. The molecule has 0 aromatic heterocycles. The van der Waals surface area contributed by atoms with Gasteiger partial charge >= 0.3 is 0 Å². The van der Waals surface area contributed by atoms with Gasteiger partial charge in [0.15, 0.2) is 11.5 Å². The summed E-state index contributed by atoms with van der Waals surface area (Å²) in [5.74, 6) is 2.66. The minimum absolute atomic E-state index is 0.0612. The standard InChI is InChI=1S/C17H21NO4/c1-20-14-8-12(9-15(21-2)16(14)22-3)18-17(19)13-7-10-4-5-11(13)6-10/h4-5,8-11,13H,6-7H2,1-3H3,(H,18,19)/t10-,11+,13-/m0/s1. The molecule has 0 spiro atoms. The van der Waals surface area contributed by atoms with E-state index in [1.807, 2.05) is 0 Å². The second-order valence-electron chi connectivity index (χ2n) is 5.79. The molecule has 5 heteroatoms. The zero-order valence-corrected chi connectivity index (χ0v) is 13.1. The van der Waals surface area contributed by atoms with E-state index < -0.39 is 0 Å². The van der Waals surface area contributed by atoms with E-state index in [-0.39, 0.29) is 11.8 Å². The summed E-state index contributed by atoms with van der Waals surface area (Å²) in [6.45, 7) is 0. The zero-order chi connectivity index (χ0) is 15.7. The number of nitrogens with one attached hydrogen (secondary N) is 1. The average molecular weight is 303 g/mol. The molecule has 3 rings (SSSR count). The van der Waals surface area contributed by atoms with Crippen LogP contribution in [-0.2, 0) is 4.79 Å². The molecule has 1 saturated carbocycles.